The van der Waals surface area contributed by atoms with Crippen LogP contribution in [0.15, 0.2) is 12.2 Å². The summed E-state index contributed by atoms with van der Waals surface area (Å²) < 4.78 is 0. The van der Waals surface area contributed by atoms with Crippen molar-refractivity contribution in [3.8, 4) is 0 Å². The Morgan fingerprint density at radius 1 is 1.19 bits per heavy atom. The van der Waals surface area contributed by atoms with Crippen LogP contribution in [0.4, 0.5) is 0 Å². The van der Waals surface area contributed by atoms with Gasteiger partial charge >= 0.3 is 0 Å². The Balaban J connectivity index is 1.84. The number of nitrogens with one attached hydrogen (secondary N) is 1. The Labute approximate surface area is 102 Å². The highest BCUT2D eigenvalue weighted by atomic mass is 14.9. The molecule has 0 aromatic carbocycles. The number of hydrogen-bond donors (Lipinski definition) is 1. The maximum absolute atomic E-state index is 3.63. The van der Waals surface area contributed by atoms with Gasteiger partial charge in [-0.2, -0.15) is 0 Å². The van der Waals surface area contributed by atoms with Crippen molar-refractivity contribution >= 4 is 0 Å². The molecule has 16 heavy (non-hydrogen) atoms. The molecule has 1 nitrogen and oxygen atoms in total. The second-order valence-corrected chi connectivity index (χ2v) is 5.52. The zero-order valence-corrected chi connectivity index (χ0v) is 11.2. The fourth-order valence-corrected chi connectivity index (χ4v) is 2.30. The van der Waals surface area contributed by atoms with Gasteiger partial charge in [0.05, 0.1) is 0 Å². The van der Waals surface area contributed by atoms with E-state index in [0.717, 1.165) is 5.92 Å². The van der Waals surface area contributed by atoms with E-state index in [1.54, 1.807) is 0 Å². The molecule has 0 aromatic rings. The molecule has 0 radical (unpaired) electrons. The quantitative estimate of drug-likeness (QED) is 0.478. The predicted octanol–water partition coefficient (Wildman–Crippen LogP) is 4.29. The molecule has 0 saturated carbocycles. The molecule has 1 N–H and O–H groups in total. The first kappa shape index (κ1) is 13.8. The summed E-state index contributed by atoms with van der Waals surface area (Å²) in [6.45, 7) is 5.84. The summed E-state index contributed by atoms with van der Waals surface area (Å²) in [6.07, 6.45) is 15.6. The monoisotopic (exact) mass is 223 g/mol. The van der Waals surface area contributed by atoms with Crippen molar-refractivity contribution in [2.24, 2.45) is 5.92 Å². The van der Waals surface area contributed by atoms with Crippen LogP contribution in [0.3, 0.4) is 0 Å². The van der Waals surface area contributed by atoms with E-state index in [2.05, 4.69) is 31.3 Å². The SMILES string of the molecule is CC(C)CCCCCCNC1C=CCCC1. The van der Waals surface area contributed by atoms with Gasteiger partial charge in [-0.25, -0.2) is 0 Å². The Bertz CT molecular complexity index is 184. The zero-order valence-electron chi connectivity index (χ0n) is 11.2. The van der Waals surface area contributed by atoms with Gasteiger partial charge < -0.3 is 5.32 Å². The van der Waals surface area contributed by atoms with Gasteiger partial charge in [0, 0.05) is 6.04 Å². The van der Waals surface area contributed by atoms with E-state index >= 15 is 0 Å². The molecule has 1 aliphatic rings. The topological polar surface area (TPSA) is 12.0 Å². The van der Waals surface area contributed by atoms with Gasteiger partial charge in [-0.1, -0.05) is 51.7 Å². The average molecular weight is 223 g/mol. The molecule has 0 fully saturated rings. The van der Waals surface area contributed by atoms with Crippen molar-refractivity contribution in [3.05, 3.63) is 12.2 Å². The molecule has 0 spiro atoms. The summed E-state index contributed by atoms with van der Waals surface area (Å²) >= 11 is 0. The summed E-state index contributed by atoms with van der Waals surface area (Å²) in [7, 11) is 0. The smallest absolute Gasteiger partial charge is 0.0250 e. The highest BCUT2D eigenvalue weighted by Crippen LogP contribution is 2.11. The molecule has 0 heterocycles. The third-order valence-electron chi connectivity index (χ3n) is 3.37. The van der Waals surface area contributed by atoms with Crippen LogP contribution < -0.4 is 5.32 Å². The van der Waals surface area contributed by atoms with Crippen molar-refractivity contribution in [3.63, 3.8) is 0 Å². The van der Waals surface area contributed by atoms with E-state index in [0.29, 0.717) is 6.04 Å². The van der Waals surface area contributed by atoms with E-state index in [-0.39, 0.29) is 0 Å². The van der Waals surface area contributed by atoms with Crippen molar-refractivity contribution in [2.75, 3.05) is 6.54 Å². The van der Waals surface area contributed by atoms with Crippen LogP contribution in [0, 0.1) is 5.92 Å². The summed E-state index contributed by atoms with van der Waals surface area (Å²) in [5, 5.41) is 3.63. The lowest BCUT2D eigenvalue weighted by molar-refractivity contribution is 0.485. The lowest BCUT2D eigenvalue weighted by Gasteiger charge is -2.17. The lowest BCUT2D eigenvalue weighted by atomic mass is 10.0. The molecule has 0 saturated heterocycles. The fraction of sp³-hybridized carbons (Fsp3) is 0.867. The molecule has 94 valence electrons. The minimum absolute atomic E-state index is 0.671. The maximum Gasteiger partial charge on any atom is 0.0250 e. The highest BCUT2D eigenvalue weighted by Gasteiger charge is 2.06. The van der Waals surface area contributed by atoms with Gasteiger partial charge in [-0.15, -0.1) is 0 Å². The average Bonchev–Trinajstić information content (AvgIpc) is 2.29. The van der Waals surface area contributed by atoms with Crippen LogP contribution >= 0.6 is 0 Å². The standard InChI is InChI=1S/C15H29N/c1-14(2)10-6-3-4-9-13-16-15-11-7-5-8-12-15/h7,11,14-16H,3-6,8-10,12-13H2,1-2H3. The third kappa shape index (κ3) is 7.05. The lowest BCUT2D eigenvalue weighted by Crippen LogP contribution is -2.29. The van der Waals surface area contributed by atoms with E-state index in [4.69, 9.17) is 0 Å². The molecular formula is C15H29N. The van der Waals surface area contributed by atoms with Crippen LogP contribution in [-0.2, 0) is 0 Å². The number of allylic oxidation sites excluding steroid dienone is 1. The Hall–Kier alpha value is -0.300. The van der Waals surface area contributed by atoms with Gasteiger partial charge in [-0.05, 0) is 38.1 Å². The van der Waals surface area contributed by atoms with E-state index < -0.39 is 0 Å². The van der Waals surface area contributed by atoms with Crippen LogP contribution in [0.25, 0.3) is 0 Å². The van der Waals surface area contributed by atoms with E-state index in [1.807, 2.05) is 0 Å². The van der Waals surface area contributed by atoms with Crippen LogP contribution in [0.5, 0.6) is 0 Å². The minimum atomic E-state index is 0.671. The molecular weight excluding hydrogens is 194 g/mol. The highest BCUT2D eigenvalue weighted by molar-refractivity contribution is 4.97. The van der Waals surface area contributed by atoms with Crippen LogP contribution in [0.1, 0.15) is 65.2 Å². The van der Waals surface area contributed by atoms with Gasteiger partial charge in [-0.3, -0.25) is 0 Å². The summed E-state index contributed by atoms with van der Waals surface area (Å²) in [6, 6.07) is 0.671. The summed E-state index contributed by atoms with van der Waals surface area (Å²) in [5.74, 6) is 0.880. The second kappa shape index (κ2) is 8.81. The van der Waals surface area contributed by atoms with Gasteiger partial charge in [0.2, 0.25) is 0 Å². The van der Waals surface area contributed by atoms with Gasteiger partial charge in [0.25, 0.3) is 0 Å². The van der Waals surface area contributed by atoms with E-state index in [9.17, 15) is 0 Å². The molecule has 0 bridgehead atoms. The largest absolute Gasteiger partial charge is 0.311 e. The number of rotatable bonds is 8. The van der Waals surface area contributed by atoms with Crippen molar-refractivity contribution in [1.82, 2.24) is 5.32 Å². The van der Waals surface area contributed by atoms with Gasteiger partial charge in [0.1, 0.15) is 0 Å². The molecule has 1 rings (SSSR count). The molecule has 1 aliphatic carbocycles. The normalized spacial score (nSPS) is 20.6. The fourth-order valence-electron chi connectivity index (χ4n) is 2.30. The molecule has 1 atom stereocenters. The first-order valence-corrected chi connectivity index (χ1v) is 7.19. The number of unbranched alkanes of at least 4 members (excludes halogenated alkanes) is 3. The molecule has 0 aliphatic heterocycles. The zero-order chi connectivity index (χ0) is 11.6. The predicted molar refractivity (Wildman–Crippen MR) is 72.7 cm³/mol. The minimum Gasteiger partial charge on any atom is -0.311 e. The van der Waals surface area contributed by atoms with Crippen molar-refractivity contribution in [1.29, 1.82) is 0 Å². The van der Waals surface area contributed by atoms with Crippen LogP contribution in [0.2, 0.25) is 0 Å². The van der Waals surface area contributed by atoms with Gasteiger partial charge in [0.15, 0.2) is 0 Å². The second-order valence-electron chi connectivity index (χ2n) is 5.52. The Kier molecular flexibility index (Phi) is 7.58. The van der Waals surface area contributed by atoms with Crippen LogP contribution in [-0.4, -0.2) is 12.6 Å². The molecule has 1 heteroatoms. The maximum atomic E-state index is 3.63. The molecule has 0 aromatic heterocycles. The summed E-state index contributed by atoms with van der Waals surface area (Å²) in [5.41, 5.74) is 0. The summed E-state index contributed by atoms with van der Waals surface area (Å²) in [4.78, 5) is 0. The first-order valence-electron chi connectivity index (χ1n) is 7.19. The first-order chi connectivity index (χ1) is 7.79. The number of hydrogen-bond acceptors (Lipinski definition) is 1. The Morgan fingerprint density at radius 2 is 2.00 bits per heavy atom. The third-order valence-corrected chi connectivity index (χ3v) is 3.37. The van der Waals surface area contributed by atoms with Crippen molar-refractivity contribution in [2.45, 2.75) is 71.3 Å². The van der Waals surface area contributed by atoms with E-state index in [1.165, 1.54) is 57.9 Å². The molecule has 0 amide bonds. The molecule has 1 unspecified atom stereocenters. The van der Waals surface area contributed by atoms with Crippen molar-refractivity contribution < 1.29 is 0 Å². The Morgan fingerprint density at radius 3 is 2.69 bits per heavy atom.